The molecule has 6 N–H and O–H groups in total. The molecule has 107 heavy (non-hydrogen) atoms. The second kappa shape index (κ2) is 36.2. The number of aliphatic hydroxyl groups is 2. The van der Waals surface area contributed by atoms with Crippen molar-refractivity contribution >= 4 is 119 Å². The van der Waals surface area contributed by atoms with E-state index in [2.05, 4.69) is 128 Å². The SMILES string of the molecule is C.C.C.C.CC=O.CCOCc1ccc2[nH]c3c4c(c5c(c3c2c1)CN(C)C5=O)-c1ccccc1C4.CCOCc1ccc2[nH]c3c4c(c5c(c3c2c1)CN(C)C5=O)-c1ccccc1C4C(C)O.CCOCc1ccc2[nH]c3c4c(c5c(c3c2c1)CNC5=O)-c1ccccc1C4C(C)O.ClCCl.O=CO[O-].[Cs+]. The number of rotatable bonds is 12. The summed E-state index contributed by atoms with van der Waals surface area (Å²) in [5, 5.41) is 40.1. The number of hydrogen-bond acceptors (Lipinski definition) is 12. The number of H-pyrrole nitrogens is 3. The van der Waals surface area contributed by atoms with Crippen molar-refractivity contribution in [1.82, 2.24) is 30.1 Å². The molecule has 0 radical (unpaired) electrons. The Kier molecular flexibility index (Phi) is 28.8. The van der Waals surface area contributed by atoms with E-state index in [1.807, 2.05) is 77.9 Å². The van der Waals surface area contributed by atoms with Crippen LogP contribution in [0.5, 0.6) is 0 Å². The number of aldehydes is 1. The van der Waals surface area contributed by atoms with Crippen molar-refractivity contribution in [3.05, 3.63) is 211 Å². The number of carbonyl (C=O) groups excluding carboxylic acids is 5. The molecule has 4 unspecified atom stereocenters. The number of carbonyl (C=O) groups is 5. The van der Waals surface area contributed by atoms with Gasteiger partial charge in [-0.3, -0.25) is 19.2 Å². The summed E-state index contributed by atoms with van der Waals surface area (Å²) < 4.78 is 16.9. The average molecular weight is 1610 g/mol. The van der Waals surface area contributed by atoms with E-state index in [4.69, 9.17) is 52.3 Å². The Balaban J connectivity index is 0.000000186. The van der Waals surface area contributed by atoms with Gasteiger partial charge in [-0.2, -0.15) is 0 Å². The largest absolute Gasteiger partial charge is 1.00 e. The van der Waals surface area contributed by atoms with E-state index in [-0.39, 0.29) is 140 Å². The minimum absolute atomic E-state index is 0. The number of nitrogens with one attached hydrogen (secondary N) is 4. The van der Waals surface area contributed by atoms with Crippen LogP contribution in [0.1, 0.15) is 181 Å². The van der Waals surface area contributed by atoms with E-state index < -0.39 is 12.2 Å². The summed E-state index contributed by atoms with van der Waals surface area (Å²) in [7, 11) is 3.76. The first-order valence-corrected chi connectivity index (χ1v) is 35.4. The zero-order valence-corrected chi connectivity index (χ0v) is 66.8. The Morgan fingerprint density at radius 3 is 1.31 bits per heavy atom. The summed E-state index contributed by atoms with van der Waals surface area (Å²) in [4.78, 5) is 74.2. The molecule has 21 heteroatoms. The van der Waals surface area contributed by atoms with Gasteiger partial charge in [0.25, 0.3) is 24.2 Å². The molecule has 3 aromatic heterocycles. The molecule has 18 rings (SSSR count). The third-order valence-corrected chi connectivity index (χ3v) is 20.2. The number of benzene rings is 9. The molecule has 12 aromatic rings. The predicted molar refractivity (Wildman–Crippen MR) is 425 cm³/mol. The molecule has 0 bridgehead atoms. The van der Waals surface area contributed by atoms with Crippen molar-refractivity contribution in [3.8, 4) is 33.4 Å². The van der Waals surface area contributed by atoms with E-state index in [9.17, 15) is 24.6 Å². The number of alkyl halides is 2. The first-order chi connectivity index (χ1) is 49.5. The fraction of sp³-hybridized carbons (Fsp3) is 0.314. The molecule has 0 spiro atoms. The molecule has 0 saturated carbocycles. The second-order valence-electron chi connectivity index (χ2n) is 26.1. The minimum atomic E-state index is -0.576. The molecule has 0 saturated heterocycles. The van der Waals surface area contributed by atoms with Crippen LogP contribution >= 0.6 is 23.2 Å². The summed E-state index contributed by atoms with van der Waals surface area (Å²) in [6, 6.07) is 44.0. The van der Waals surface area contributed by atoms with Gasteiger partial charge in [0.15, 0.2) is 0 Å². The van der Waals surface area contributed by atoms with Crippen molar-refractivity contribution in [1.29, 1.82) is 0 Å². The summed E-state index contributed by atoms with van der Waals surface area (Å²) >= 11 is 9.53. The molecule has 556 valence electrons. The molecule has 3 amide bonds. The van der Waals surface area contributed by atoms with Crippen LogP contribution in [0.15, 0.2) is 127 Å². The van der Waals surface area contributed by atoms with Crippen molar-refractivity contribution in [2.45, 2.75) is 141 Å². The standard InChI is InChI=1S/C27H26N2O3.C26H24N2O3.C25H22N2O2.C2H4O.CH2Cl2.CH2O3.4CH4.Cs/c1-4-32-13-15-9-10-20-18(11-15)22-19-12-29(3)27(31)24(19)23-17-8-6-5-7-16(17)21(14(2)30)25(23)26(22)28-20;1-3-31-12-14-8-9-19-17(10-14)21-18-11-27-26(30)23(18)22-16-7-5-4-6-15(16)20(13(2)29)24(22)25(21)28-19;1-3-29-13-14-8-9-20-17(10-14)22-19-12-27(2)25(28)23(19)21-16-7-5-4-6-15(16)11-18(21)24(22)26-20;1-2-3;2-1-3;2-1-4-3;;;;;/h5-11,14,21,28,30H,4,12-13H2,1-3H3;4-10,13,20,28-29H,3,11-12H2,1-2H3,(H,27,30);4-10,26H,3,11-13H2,1-2H3;2H,1H3;1H2;1,3H;4*1H4;/q;;;;;;;;;;+1/p-1. The zero-order chi connectivity index (χ0) is 71.9. The Morgan fingerprint density at radius 1 is 0.533 bits per heavy atom. The fourth-order valence-corrected chi connectivity index (χ4v) is 16.4. The number of ether oxygens (including phenoxy) is 3. The predicted octanol–water partition coefficient (Wildman–Crippen LogP) is 14.2. The maximum atomic E-state index is 13.4. The monoisotopic (exact) mass is 1610 g/mol. The van der Waals surface area contributed by atoms with Gasteiger partial charge in [0.2, 0.25) is 0 Å². The smallest absolute Gasteiger partial charge is 0.662 e. The van der Waals surface area contributed by atoms with Crippen molar-refractivity contribution < 1.29 is 127 Å². The molecular weight excluding hydrogens is 1510 g/mol. The number of aromatic amines is 3. The van der Waals surface area contributed by atoms with Crippen molar-refractivity contribution in [2.24, 2.45) is 0 Å². The maximum absolute atomic E-state index is 13.4. The van der Waals surface area contributed by atoms with Gasteiger partial charge in [0, 0.05) is 137 Å². The second-order valence-corrected chi connectivity index (χ2v) is 27.0. The molecule has 0 fully saturated rings. The molecule has 6 aliphatic rings. The Morgan fingerprint density at radius 2 is 0.897 bits per heavy atom. The number of aromatic nitrogens is 3. The topological polar surface area (TPSA) is 252 Å². The maximum Gasteiger partial charge on any atom is 1.00 e. The molecule has 6 heterocycles. The third-order valence-electron chi connectivity index (χ3n) is 20.2. The van der Waals surface area contributed by atoms with Gasteiger partial charge in [-0.25, -0.2) is 0 Å². The van der Waals surface area contributed by atoms with Gasteiger partial charge < -0.3 is 69.4 Å². The van der Waals surface area contributed by atoms with Gasteiger partial charge in [0.05, 0.1) is 70.6 Å². The van der Waals surface area contributed by atoms with Gasteiger partial charge in [0.1, 0.15) is 6.29 Å². The molecule has 4 atom stereocenters. The summed E-state index contributed by atoms with van der Waals surface area (Å²) in [5.74, 6) is -0.199. The molecule has 3 aliphatic carbocycles. The number of halogens is 2. The van der Waals surface area contributed by atoms with Crippen molar-refractivity contribution in [2.75, 3.05) is 39.3 Å². The van der Waals surface area contributed by atoms with Crippen LogP contribution in [0, 0.1) is 0 Å². The Labute approximate surface area is 694 Å². The average Bonchev–Trinajstić information content (AvgIpc) is 1.55. The number of amides is 3. The Bertz CT molecular complexity index is 5330. The van der Waals surface area contributed by atoms with Gasteiger partial charge in [-0.1, -0.05) is 121 Å². The summed E-state index contributed by atoms with van der Waals surface area (Å²) in [6.45, 7) is 16.5. The van der Waals surface area contributed by atoms with Crippen LogP contribution in [-0.2, 0) is 74.6 Å². The van der Waals surface area contributed by atoms with Gasteiger partial charge in [-0.05, 0) is 161 Å². The van der Waals surface area contributed by atoms with Crippen LogP contribution in [0.4, 0.5) is 0 Å². The van der Waals surface area contributed by atoms with E-state index in [0.29, 0.717) is 59.3 Å². The summed E-state index contributed by atoms with van der Waals surface area (Å²) in [5.41, 5.74) is 28.8. The van der Waals surface area contributed by atoms with Gasteiger partial charge >= 0.3 is 68.9 Å². The van der Waals surface area contributed by atoms with Crippen LogP contribution in [0.25, 0.3) is 98.8 Å². The summed E-state index contributed by atoms with van der Waals surface area (Å²) in [6.07, 6.45) is 0.464. The molecule has 18 nitrogen and oxygen atoms in total. The first-order valence-electron chi connectivity index (χ1n) is 34.3. The minimum Gasteiger partial charge on any atom is -0.662 e. The van der Waals surface area contributed by atoms with Crippen LogP contribution in [0.3, 0.4) is 0 Å². The number of fused-ring (bicyclic) bond motifs is 30. The third kappa shape index (κ3) is 15.0. The van der Waals surface area contributed by atoms with E-state index in [0.717, 1.165) is 162 Å². The quantitative estimate of drug-likeness (QED) is 0.0289. The van der Waals surface area contributed by atoms with E-state index >= 15 is 0 Å². The van der Waals surface area contributed by atoms with Crippen LogP contribution in [-0.4, -0.2) is 117 Å². The molecule has 9 aromatic carbocycles. The van der Waals surface area contributed by atoms with E-state index in [1.165, 1.54) is 39.9 Å². The van der Waals surface area contributed by atoms with Crippen LogP contribution in [0.2, 0.25) is 0 Å². The normalized spacial score (nSPS) is 14.9. The number of hydrogen-bond donors (Lipinski definition) is 6. The van der Waals surface area contributed by atoms with Crippen LogP contribution < -0.4 is 79.5 Å². The number of nitrogens with zero attached hydrogens (tertiary/aromatic N) is 2. The van der Waals surface area contributed by atoms with Crippen molar-refractivity contribution in [3.63, 3.8) is 0 Å². The van der Waals surface area contributed by atoms with E-state index in [1.54, 1.807) is 4.90 Å². The molecule has 3 aliphatic heterocycles. The number of aliphatic hydroxyl groups excluding tert-OH is 2. The first kappa shape index (κ1) is 84.9. The molecular formula is C86H95Cl2CsN6O12. The Hall–Kier alpha value is -7.68. The zero-order valence-electron chi connectivity index (χ0n) is 59.0. The van der Waals surface area contributed by atoms with Gasteiger partial charge in [-0.15, -0.1) is 23.2 Å². The fourth-order valence-electron chi connectivity index (χ4n) is 16.4.